The maximum absolute atomic E-state index is 12.4. The number of alkyl halides is 3. The topological polar surface area (TPSA) is 70.7 Å². The van der Waals surface area contributed by atoms with Gasteiger partial charge in [-0.15, -0.1) is 0 Å². The molecule has 0 unspecified atom stereocenters. The van der Waals surface area contributed by atoms with E-state index >= 15 is 0 Å². The Labute approximate surface area is 109 Å². The van der Waals surface area contributed by atoms with Crippen molar-refractivity contribution in [3.63, 3.8) is 0 Å². The van der Waals surface area contributed by atoms with Crippen molar-refractivity contribution >= 4 is 23.4 Å². The number of aromatic amines is 1. The molecule has 1 amide bonds. The van der Waals surface area contributed by atoms with E-state index in [0.29, 0.717) is 0 Å². The highest BCUT2D eigenvalue weighted by atomic mass is 32.2. The molecule has 1 aromatic heterocycles. The van der Waals surface area contributed by atoms with Crippen LogP contribution < -0.4 is 5.32 Å². The maximum atomic E-state index is 12.4. The van der Waals surface area contributed by atoms with Crippen LogP contribution in [0.1, 0.15) is 10.6 Å². The number of hydrogen-bond acceptors (Lipinski definition) is 4. The fraction of sp³-hybridized carbons (Fsp3) is 0.100. The van der Waals surface area contributed by atoms with Gasteiger partial charge in [0, 0.05) is 4.90 Å². The van der Waals surface area contributed by atoms with Gasteiger partial charge in [-0.1, -0.05) is 12.1 Å². The van der Waals surface area contributed by atoms with Crippen LogP contribution in [0.3, 0.4) is 0 Å². The predicted molar refractivity (Wildman–Crippen MR) is 62.7 cm³/mol. The van der Waals surface area contributed by atoms with E-state index < -0.39 is 11.4 Å². The zero-order valence-corrected chi connectivity index (χ0v) is 10.0. The Kier molecular flexibility index (Phi) is 3.74. The third-order valence-electron chi connectivity index (χ3n) is 1.99. The van der Waals surface area contributed by atoms with Crippen molar-refractivity contribution in [1.29, 1.82) is 0 Å². The van der Waals surface area contributed by atoms with E-state index in [-0.39, 0.29) is 28.2 Å². The first kappa shape index (κ1) is 13.4. The van der Waals surface area contributed by atoms with Crippen molar-refractivity contribution in [3.8, 4) is 0 Å². The van der Waals surface area contributed by atoms with Gasteiger partial charge >= 0.3 is 5.51 Å². The number of hydrogen-bond donors (Lipinski definition) is 2. The van der Waals surface area contributed by atoms with E-state index in [9.17, 15) is 18.0 Å². The number of para-hydroxylation sites is 1. The van der Waals surface area contributed by atoms with Gasteiger partial charge in [0.05, 0.1) is 5.69 Å². The van der Waals surface area contributed by atoms with Gasteiger partial charge in [-0.2, -0.15) is 18.3 Å². The normalized spacial score (nSPS) is 11.3. The molecule has 0 spiro atoms. The van der Waals surface area contributed by atoms with Crippen LogP contribution in [0, 0.1) is 0 Å². The maximum Gasteiger partial charge on any atom is 0.446 e. The van der Waals surface area contributed by atoms with Gasteiger partial charge in [-0.25, -0.2) is 4.98 Å². The molecule has 5 nitrogen and oxygen atoms in total. The van der Waals surface area contributed by atoms with Crippen LogP contribution in [-0.2, 0) is 0 Å². The number of aromatic nitrogens is 3. The lowest BCUT2D eigenvalue weighted by molar-refractivity contribution is -0.0328. The number of nitrogens with zero attached hydrogens (tertiary/aromatic N) is 2. The summed E-state index contributed by atoms with van der Waals surface area (Å²) in [5.74, 6) is -0.737. The number of halogens is 3. The fourth-order valence-electron chi connectivity index (χ4n) is 1.28. The highest BCUT2D eigenvalue weighted by Gasteiger charge is 2.30. The highest BCUT2D eigenvalue weighted by molar-refractivity contribution is 8.00. The fourth-order valence-corrected chi connectivity index (χ4v) is 1.90. The molecular weight excluding hydrogens is 281 g/mol. The third-order valence-corrected chi connectivity index (χ3v) is 2.80. The number of carbonyl (C=O) groups excluding carboxylic acids is 1. The molecule has 2 rings (SSSR count). The van der Waals surface area contributed by atoms with Gasteiger partial charge in [-0.3, -0.25) is 9.89 Å². The molecule has 0 radical (unpaired) electrons. The first-order valence-electron chi connectivity index (χ1n) is 4.97. The summed E-state index contributed by atoms with van der Waals surface area (Å²) in [6.45, 7) is 0. The summed E-state index contributed by atoms with van der Waals surface area (Å²) >= 11 is -0.294. The Balaban J connectivity index is 2.18. The Morgan fingerprint density at radius 1 is 1.32 bits per heavy atom. The van der Waals surface area contributed by atoms with Crippen molar-refractivity contribution in [2.24, 2.45) is 0 Å². The highest BCUT2D eigenvalue weighted by Crippen LogP contribution is 2.40. The van der Waals surface area contributed by atoms with Crippen molar-refractivity contribution < 1.29 is 18.0 Å². The average Bonchev–Trinajstić information content (AvgIpc) is 2.83. The Morgan fingerprint density at radius 2 is 2.05 bits per heavy atom. The summed E-state index contributed by atoms with van der Waals surface area (Å²) < 4.78 is 37.1. The average molecular weight is 288 g/mol. The zero-order valence-electron chi connectivity index (χ0n) is 9.23. The molecule has 1 aromatic carbocycles. The van der Waals surface area contributed by atoms with Crippen molar-refractivity contribution in [2.75, 3.05) is 5.32 Å². The molecule has 0 bridgehead atoms. The van der Waals surface area contributed by atoms with E-state index in [2.05, 4.69) is 20.5 Å². The number of thioether (sulfide) groups is 1. The quantitative estimate of drug-likeness (QED) is 0.852. The van der Waals surface area contributed by atoms with E-state index in [1.54, 1.807) is 0 Å². The van der Waals surface area contributed by atoms with Crippen molar-refractivity contribution in [2.45, 2.75) is 10.4 Å². The lowest BCUT2D eigenvalue weighted by Crippen LogP contribution is -2.14. The van der Waals surface area contributed by atoms with Gasteiger partial charge in [0.2, 0.25) is 5.82 Å². The zero-order chi connectivity index (χ0) is 13.9. The number of anilines is 1. The molecule has 2 aromatic rings. The number of rotatable bonds is 3. The van der Waals surface area contributed by atoms with E-state index in [1.807, 2.05) is 0 Å². The Morgan fingerprint density at radius 3 is 2.68 bits per heavy atom. The van der Waals surface area contributed by atoms with Crippen LogP contribution in [0.2, 0.25) is 0 Å². The monoisotopic (exact) mass is 288 g/mol. The molecule has 0 saturated heterocycles. The lowest BCUT2D eigenvalue weighted by Gasteiger charge is -2.11. The predicted octanol–water partition coefficient (Wildman–Crippen LogP) is 2.67. The minimum Gasteiger partial charge on any atom is -0.318 e. The summed E-state index contributed by atoms with van der Waals surface area (Å²) in [4.78, 5) is 15.2. The number of benzene rings is 1. The van der Waals surface area contributed by atoms with Crippen LogP contribution in [0.15, 0.2) is 35.5 Å². The Hall–Kier alpha value is -2.03. The molecule has 0 atom stereocenters. The SMILES string of the molecule is O=C(Nc1ccccc1SC(F)(F)F)c1ncn[nH]1. The second-order valence-electron chi connectivity index (χ2n) is 3.33. The van der Waals surface area contributed by atoms with Gasteiger partial charge in [-0.05, 0) is 23.9 Å². The van der Waals surface area contributed by atoms with Crippen LogP contribution in [-0.4, -0.2) is 26.6 Å². The lowest BCUT2D eigenvalue weighted by atomic mass is 10.3. The number of carbonyl (C=O) groups is 1. The number of amides is 1. The molecule has 19 heavy (non-hydrogen) atoms. The molecule has 2 N–H and O–H groups in total. The molecule has 0 aliphatic carbocycles. The molecule has 0 saturated carbocycles. The molecule has 0 aliphatic heterocycles. The molecule has 0 fully saturated rings. The number of H-pyrrole nitrogens is 1. The first-order chi connectivity index (χ1) is 8.96. The summed E-state index contributed by atoms with van der Waals surface area (Å²) in [6.07, 6.45) is 1.13. The molecule has 1 heterocycles. The van der Waals surface area contributed by atoms with Crippen molar-refractivity contribution in [3.05, 3.63) is 36.4 Å². The largest absolute Gasteiger partial charge is 0.446 e. The smallest absolute Gasteiger partial charge is 0.318 e. The summed E-state index contributed by atoms with van der Waals surface area (Å²) in [6, 6.07) is 5.63. The van der Waals surface area contributed by atoms with Crippen molar-refractivity contribution in [1.82, 2.24) is 15.2 Å². The van der Waals surface area contributed by atoms with Gasteiger partial charge in [0.1, 0.15) is 6.33 Å². The van der Waals surface area contributed by atoms with E-state index in [0.717, 1.165) is 6.33 Å². The second kappa shape index (κ2) is 5.31. The Bertz CT molecular complexity index is 570. The van der Waals surface area contributed by atoms with E-state index in [4.69, 9.17) is 0 Å². The number of nitrogens with one attached hydrogen (secondary N) is 2. The minimum atomic E-state index is -4.42. The standard InChI is InChI=1S/C10H7F3N4OS/c11-10(12,13)19-7-4-2-1-3-6(7)16-9(18)8-14-5-15-17-8/h1-5H,(H,16,18)(H,14,15,17). The third kappa shape index (κ3) is 3.71. The van der Waals surface area contributed by atoms with Crippen LogP contribution in [0.4, 0.5) is 18.9 Å². The van der Waals surface area contributed by atoms with Crippen LogP contribution in [0.5, 0.6) is 0 Å². The second-order valence-corrected chi connectivity index (χ2v) is 4.44. The summed E-state index contributed by atoms with van der Waals surface area (Å²) in [7, 11) is 0. The van der Waals surface area contributed by atoms with E-state index in [1.165, 1.54) is 24.3 Å². The molecule has 9 heteroatoms. The first-order valence-corrected chi connectivity index (χ1v) is 5.79. The summed E-state index contributed by atoms with van der Waals surface area (Å²) in [5, 5.41) is 8.15. The molecule has 100 valence electrons. The van der Waals surface area contributed by atoms with Gasteiger partial charge in [0.25, 0.3) is 5.91 Å². The van der Waals surface area contributed by atoms with Gasteiger partial charge in [0.15, 0.2) is 0 Å². The summed E-state index contributed by atoms with van der Waals surface area (Å²) in [5.41, 5.74) is -4.36. The minimum absolute atomic E-state index is 0.0613. The molecular formula is C10H7F3N4OS. The molecule has 0 aliphatic rings. The van der Waals surface area contributed by atoms with Crippen LogP contribution in [0.25, 0.3) is 0 Å². The van der Waals surface area contributed by atoms with Gasteiger partial charge < -0.3 is 5.32 Å². The van der Waals surface area contributed by atoms with Crippen LogP contribution >= 0.6 is 11.8 Å².